The SMILES string of the molecule is CCCNC(CN(C)CCOCC)c1ccccc1F. The molecule has 0 aliphatic rings. The van der Waals surface area contributed by atoms with Gasteiger partial charge in [0.15, 0.2) is 0 Å². The van der Waals surface area contributed by atoms with Crippen molar-refractivity contribution in [3.05, 3.63) is 35.6 Å². The van der Waals surface area contributed by atoms with E-state index in [1.807, 2.05) is 26.1 Å². The van der Waals surface area contributed by atoms with E-state index in [1.165, 1.54) is 6.07 Å². The second-order valence-corrected chi connectivity index (χ2v) is 4.99. The zero-order valence-electron chi connectivity index (χ0n) is 12.9. The lowest BCUT2D eigenvalue weighted by Crippen LogP contribution is -2.35. The summed E-state index contributed by atoms with van der Waals surface area (Å²) in [6.45, 7) is 8.07. The van der Waals surface area contributed by atoms with Crippen molar-refractivity contribution in [2.24, 2.45) is 0 Å². The number of nitrogens with zero attached hydrogens (tertiary/aromatic N) is 1. The van der Waals surface area contributed by atoms with Crippen LogP contribution in [0.1, 0.15) is 31.9 Å². The molecule has 0 heterocycles. The molecule has 1 unspecified atom stereocenters. The first-order valence-corrected chi connectivity index (χ1v) is 7.43. The molecule has 0 saturated carbocycles. The Morgan fingerprint density at radius 3 is 2.70 bits per heavy atom. The summed E-state index contributed by atoms with van der Waals surface area (Å²) in [5.74, 6) is -0.140. The molecule has 1 rings (SSSR count). The molecule has 0 aliphatic carbocycles. The van der Waals surface area contributed by atoms with Crippen LogP contribution < -0.4 is 5.32 Å². The Hall–Kier alpha value is -0.970. The third kappa shape index (κ3) is 5.99. The molecule has 0 aliphatic heterocycles. The average molecular weight is 282 g/mol. The standard InChI is InChI=1S/C16H27FN2O/c1-4-10-18-16(13-19(3)11-12-20-5-2)14-8-6-7-9-15(14)17/h6-9,16,18H,4-5,10-13H2,1-3H3. The molecule has 0 radical (unpaired) electrons. The van der Waals surface area contributed by atoms with Crippen molar-refractivity contribution in [3.8, 4) is 0 Å². The van der Waals surface area contributed by atoms with Gasteiger partial charge in [-0.1, -0.05) is 25.1 Å². The van der Waals surface area contributed by atoms with Gasteiger partial charge in [0, 0.05) is 31.3 Å². The van der Waals surface area contributed by atoms with Gasteiger partial charge in [-0.2, -0.15) is 0 Å². The van der Waals surface area contributed by atoms with Crippen molar-refractivity contribution < 1.29 is 9.13 Å². The summed E-state index contributed by atoms with van der Waals surface area (Å²) in [6.07, 6.45) is 1.04. The van der Waals surface area contributed by atoms with Gasteiger partial charge in [-0.3, -0.25) is 0 Å². The number of hydrogen-bond donors (Lipinski definition) is 1. The molecule has 1 atom stereocenters. The molecule has 20 heavy (non-hydrogen) atoms. The monoisotopic (exact) mass is 282 g/mol. The van der Waals surface area contributed by atoms with Gasteiger partial charge in [0.1, 0.15) is 5.82 Å². The van der Waals surface area contributed by atoms with Gasteiger partial charge in [-0.05, 0) is 33.0 Å². The predicted octanol–water partition coefficient (Wildman–Crippen LogP) is 2.83. The summed E-state index contributed by atoms with van der Waals surface area (Å²) in [4.78, 5) is 2.18. The zero-order chi connectivity index (χ0) is 14.8. The summed E-state index contributed by atoms with van der Waals surface area (Å²) in [6, 6.07) is 7.02. The minimum absolute atomic E-state index is 0.0165. The summed E-state index contributed by atoms with van der Waals surface area (Å²) in [5.41, 5.74) is 0.740. The van der Waals surface area contributed by atoms with Crippen LogP contribution in [0, 0.1) is 5.82 Å². The predicted molar refractivity (Wildman–Crippen MR) is 81.4 cm³/mol. The fourth-order valence-corrected chi connectivity index (χ4v) is 2.12. The Labute approximate surface area is 122 Å². The maximum absolute atomic E-state index is 13.9. The smallest absolute Gasteiger partial charge is 0.128 e. The van der Waals surface area contributed by atoms with Crippen LogP contribution in [0.25, 0.3) is 0 Å². The number of likely N-dealkylation sites (N-methyl/N-ethyl adjacent to an activating group) is 1. The van der Waals surface area contributed by atoms with Gasteiger partial charge in [0.25, 0.3) is 0 Å². The minimum Gasteiger partial charge on any atom is -0.380 e. The van der Waals surface area contributed by atoms with E-state index in [1.54, 1.807) is 6.07 Å². The molecule has 1 aromatic rings. The van der Waals surface area contributed by atoms with E-state index in [0.29, 0.717) is 6.61 Å². The highest BCUT2D eigenvalue weighted by Gasteiger charge is 2.16. The summed E-state index contributed by atoms with van der Waals surface area (Å²) < 4.78 is 19.3. The molecule has 1 N–H and O–H groups in total. The van der Waals surface area contributed by atoms with Crippen molar-refractivity contribution >= 4 is 0 Å². The van der Waals surface area contributed by atoms with Gasteiger partial charge in [-0.15, -0.1) is 0 Å². The minimum atomic E-state index is -0.140. The van der Waals surface area contributed by atoms with Crippen molar-refractivity contribution in [2.45, 2.75) is 26.3 Å². The van der Waals surface area contributed by atoms with Crippen molar-refractivity contribution in [1.82, 2.24) is 10.2 Å². The molecule has 4 heteroatoms. The molecular weight excluding hydrogens is 255 g/mol. The average Bonchev–Trinajstić information content (AvgIpc) is 2.44. The van der Waals surface area contributed by atoms with Crippen molar-refractivity contribution in [2.75, 3.05) is 39.9 Å². The van der Waals surface area contributed by atoms with Gasteiger partial charge < -0.3 is 15.0 Å². The third-order valence-corrected chi connectivity index (χ3v) is 3.24. The number of benzene rings is 1. The molecule has 3 nitrogen and oxygen atoms in total. The molecular formula is C16H27FN2O. The summed E-state index contributed by atoms with van der Waals surface area (Å²) >= 11 is 0. The van der Waals surface area contributed by atoms with Crippen LogP contribution >= 0.6 is 0 Å². The first-order valence-electron chi connectivity index (χ1n) is 7.43. The number of rotatable bonds is 10. The number of ether oxygens (including phenoxy) is 1. The van der Waals surface area contributed by atoms with Crippen LogP contribution in [0.4, 0.5) is 4.39 Å². The second kappa shape index (κ2) is 9.86. The summed E-state index contributed by atoms with van der Waals surface area (Å²) in [7, 11) is 2.04. The second-order valence-electron chi connectivity index (χ2n) is 4.99. The Bertz CT molecular complexity index is 373. The molecule has 0 bridgehead atoms. The highest BCUT2D eigenvalue weighted by atomic mass is 19.1. The third-order valence-electron chi connectivity index (χ3n) is 3.24. The van der Waals surface area contributed by atoms with E-state index in [0.717, 1.165) is 38.2 Å². The van der Waals surface area contributed by atoms with Gasteiger partial charge in [0.05, 0.1) is 6.61 Å². The quantitative estimate of drug-likeness (QED) is 0.668. The van der Waals surface area contributed by atoms with Crippen LogP contribution in [0.15, 0.2) is 24.3 Å². The maximum atomic E-state index is 13.9. The number of nitrogens with one attached hydrogen (secondary N) is 1. The van der Waals surface area contributed by atoms with Gasteiger partial charge in [-0.25, -0.2) is 4.39 Å². The fraction of sp³-hybridized carbons (Fsp3) is 0.625. The molecule has 0 fully saturated rings. The van der Waals surface area contributed by atoms with E-state index in [9.17, 15) is 4.39 Å². The van der Waals surface area contributed by atoms with E-state index in [2.05, 4.69) is 17.1 Å². The normalized spacial score (nSPS) is 12.8. The first kappa shape index (κ1) is 17.1. The van der Waals surface area contributed by atoms with Crippen LogP contribution in [-0.2, 0) is 4.74 Å². The Kier molecular flexibility index (Phi) is 8.42. The molecule has 0 saturated heterocycles. The van der Waals surface area contributed by atoms with E-state index in [-0.39, 0.29) is 11.9 Å². The first-order chi connectivity index (χ1) is 9.69. The van der Waals surface area contributed by atoms with Gasteiger partial charge in [0.2, 0.25) is 0 Å². The number of hydrogen-bond acceptors (Lipinski definition) is 3. The van der Waals surface area contributed by atoms with E-state index >= 15 is 0 Å². The zero-order valence-corrected chi connectivity index (χ0v) is 12.9. The molecule has 114 valence electrons. The Balaban J connectivity index is 2.62. The van der Waals surface area contributed by atoms with Crippen LogP contribution in [0.2, 0.25) is 0 Å². The molecule has 0 aromatic heterocycles. The maximum Gasteiger partial charge on any atom is 0.128 e. The van der Waals surface area contributed by atoms with E-state index in [4.69, 9.17) is 4.74 Å². The van der Waals surface area contributed by atoms with Crippen molar-refractivity contribution in [1.29, 1.82) is 0 Å². The van der Waals surface area contributed by atoms with Crippen LogP contribution in [-0.4, -0.2) is 44.8 Å². The fourth-order valence-electron chi connectivity index (χ4n) is 2.12. The lowest BCUT2D eigenvalue weighted by atomic mass is 10.1. The summed E-state index contributed by atoms with van der Waals surface area (Å²) in [5, 5.41) is 3.43. The Morgan fingerprint density at radius 2 is 2.05 bits per heavy atom. The Morgan fingerprint density at radius 1 is 1.30 bits per heavy atom. The van der Waals surface area contributed by atoms with E-state index < -0.39 is 0 Å². The lowest BCUT2D eigenvalue weighted by Gasteiger charge is -2.25. The largest absolute Gasteiger partial charge is 0.380 e. The molecule has 1 aromatic carbocycles. The number of halogens is 1. The van der Waals surface area contributed by atoms with Gasteiger partial charge >= 0.3 is 0 Å². The highest BCUT2D eigenvalue weighted by molar-refractivity contribution is 5.21. The molecule has 0 amide bonds. The van der Waals surface area contributed by atoms with Crippen LogP contribution in [0.3, 0.4) is 0 Å². The molecule has 0 spiro atoms. The topological polar surface area (TPSA) is 24.5 Å². The lowest BCUT2D eigenvalue weighted by molar-refractivity contribution is 0.118. The van der Waals surface area contributed by atoms with Crippen LogP contribution in [0.5, 0.6) is 0 Å². The highest BCUT2D eigenvalue weighted by Crippen LogP contribution is 2.17. The van der Waals surface area contributed by atoms with Crippen molar-refractivity contribution in [3.63, 3.8) is 0 Å².